The molecule has 4 rings (SSSR count). The molecule has 0 aliphatic carbocycles. The van der Waals surface area contributed by atoms with E-state index in [0.717, 1.165) is 19.4 Å². The number of benzene rings is 1. The average Bonchev–Trinajstić information content (AvgIpc) is 3.38. The van der Waals surface area contributed by atoms with E-state index in [9.17, 15) is 4.79 Å². The maximum atomic E-state index is 12.8. The molecule has 8 nitrogen and oxygen atoms in total. The Labute approximate surface area is 167 Å². The Balaban J connectivity index is 1.48. The molecule has 28 heavy (non-hydrogen) atoms. The van der Waals surface area contributed by atoms with E-state index in [-0.39, 0.29) is 17.9 Å². The highest BCUT2D eigenvalue weighted by molar-refractivity contribution is 6.30. The van der Waals surface area contributed by atoms with Gasteiger partial charge in [-0.3, -0.25) is 4.79 Å². The first kappa shape index (κ1) is 18.6. The van der Waals surface area contributed by atoms with Crippen LogP contribution in [0.1, 0.15) is 54.8 Å². The summed E-state index contributed by atoms with van der Waals surface area (Å²) >= 11 is 5.92. The first-order chi connectivity index (χ1) is 13.5. The summed E-state index contributed by atoms with van der Waals surface area (Å²) in [5, 5.41) is 13.0. The third-order valence-corrected chi connectivity index (χ3v) is 5.09. The van der Waals surface area contributed by atoms with Crippen molar-refractivity contribution in [2.45, 2.75) is 38.6 Å². The summed E-state index contributed by atoms with van der Waals surface area (Å²) in [5.41, 5.74) is 1.18. The number of likely N-dealkylation sites (tertiary alicyclic amines) is 1. The van der Waals surface area contributed by atoms with E-state index in [1.807, 2.05) is 18.7 Å². The fourth-order valence-electron chi connectivity index (χ4n) is 3.26. The average molecular weight is 401 g/mol. The van der Waals surface area contributed by atoms with Crippen molar-refractivity contribution in [3.8, 4) is 11.6 Å². The number of carbonyl (C=O) groups is 1. The zero-order chi connectivity index (χ0) is 19.7. The van der Waals surface area contributed by atoms with Crippen LogP contribution in [0.4, 0.5) is 0 Å². The zero-order valence-corrected chi connectivity index (χ0v) is 16.5. The summed E-state index contributed by atoms with van der Waals surface area (Å²) in [4.78, 5) is 19.0. The van der Waals surface area contributed by atoms with E-state index < -0.39 is 0 Å². The summed E-state index contributed by atoms with van der Waals surface area (Å²) in [5.74, 6) is 1.18. The van der Waals surface area contributed by atoms with Gasteiger partial charge in [-0.05, 0) is 37.1 Å². The molecule has 0 N–H and O–H groups in total. The maximum absolute atomic E-state index is 12.8. The van der Waals surface area contributed by atoms with Crippen molar-refractivity contribution in [3.63, 3.8) is 0 Å². The first-order valence-electron chi connectivity index (χ1n) is 9.32. The highest BCUT2D eigenvalue weighted by atomic mass is 35.5. The summed E-state index contributed by atoms with van der Waals surface area (Å²) in [6, 6.07) is 7.03. The summed E-state index contributed by atoms with van der Waals surface area (Å²) in [6.45, 7) is 5.30. The van der Waals surface area contributed by atoms with Gasteiger partial charge in [-0.1, -0.05) is 35.8 Å². The van der Waals surface area contributed by atoms with Gasteiger partial charge >= 0.3 is 0 Å². The lowest BCUT2D eigenvalue weighted by Gasteiger charge is -2.32. The second-order valence-corrected chi connectivity index (χ2v) is 7.69. The Morgan fingerprint density at radius 3 is 2.79 bits per heavy atom. The lowest BCUT2D eigenvalue weighted by Crippen LogP contribution is -2.40. The van der Waals surface area contributed by atoms with E-state index in [1.54, 1.807) is 35.1 Å². The van der Waals surface area contributed by atoms with Gasteiger partial charge in [-0.25, -0.2) is 4.68 Å². The third kappa shape index (κ3) is 3.77. The molecule has 1 fully saturated rings. The highest BCUT2D eigenvalue weighted by Crippen LogP contribution is 2.25. The molecule has 0 spiro atoms. The van der Waals surface area contributed by atoms with Gasteiger partial charge in [0.25, 0.3) is 11.8 Å². The first-order valence-corrected chi connectivity index (χ1v) is 9.69. The minimum Gasteiger partial charge on any atom is -0.337 e. The van der Waals surface area contributed by atoms with Crippen LogP contribution in [0.5, 0.6) is 0 Å². The topological polar surface area (TPSA) is 89.9 Å². The highest BCUT2D eigenvalue weighted by Gasteiger charge is 2.27. The summed E-state index contributed by atoms with van der Waals surface area (Å²) < 4.78 is 7.07. The van der Waals surface area contributed by atoms with E-state index in [4.69, 9.17) is 16.1 Å². The minimum atomic E-state index is 0.000168. The molecule has 3 aromatic rings. The SMILES string of the molecule is CC(C)c1noc(-c2cn([C@H]3CCCN(C(=O)c4ccc(Cl)cc4)C3)nn2)n1. The van der Waals surface area contributed by atoms with Crippen molar-refractivity contribution < 1.29 is 9.32 Å². The number of hydrogen-bond donors (Lipinski definition) is 0. The smallest absolute Gasteiger partial charge is 0.280 e. The predicted octanol–water partition coefficient (Wildman–Crippen LogP) is 3.58. The van der Waals surface area contributed by atoms with Gasteiger partial charge in [0.15, 0.2) is 11.5 Å². The molecule has 1 aliphatic heterocycles. The lowest BCUT2D eigenvalue weighted by atomic mass is 10.0. The van der Waals surface area contributed by atoms with Crippen LogP contribution >= 0.6 is 11.6 Å². The fourth-order valence-corrected chi connectivity index (χ4v) is 3.38. The molecule has 0 bridgehead atoms. The number of piperidine rings is 1. The monoisotopic (exact) mass is 400 g/mol. The second kappa shape index (κ2) is 7.71. The van der Waals surface area contributed by atoms with Crippen LogP contribution in [0, 0.1) is 0 Å². The van der Waals surface area contributed by atoms with Gasteiger partial charge in [-0.2, -0.15) is 4.98 Å². The van der Waals surface area contributed by atoms with Crippen molar-refractivity contribution in [3.05, 3.63) is 46.9 Å². The molecule has 1 aromatic carbocycles. The lowest BCUT2D eigenvalue weighted by molar-refractivity contribution is 0.0672. The third-order valence-electron chi connectivity index (χ3n) is 4.84. The largest absolute Gasteiger partial charge is 0.337 e. The molecule has 1 saturated heterocycles. The Hall–Kier alpha value is -2.74. The zero-order valence-electron chi connectivity index (χ0n) is 15.7. The van der Waals surface area contributed by atoms with Crippen LogP contribution in [0.15, 0.2) is 35.0 Å². The normalized spacial score (nSPS) is 17.3. The van der Waals surface area contributed by atoms with E-state index >= 15 is 0 Å². The Bertz CT molecular complexity index is 965. The fraction of sp³-hybridized carbons (Fsp3) is 0.421. The van der Waals surface area contributed by atoms with Crippen molar-refractivity contribution >= 4 is 17.5 Å². The Morgan fingerprint density at radius 2 is 2.07 bits per heavy atom. The van der Waals surface area contributed by atoms with Crippen LogP contribution < -0.4 is 0 Å². The van der Waals surface area contributed by atoms with Gasteiger partial charge in [0, 0.05) is 29.6 Å². The van der Waals surface area contributed by atoms with Crippen molar-refractivity contribution in [1.82, 2.24) is 30.0 Å². The van der Waals surface area contributed by atoms with Gasteiger partial charge in [0.1, 0.15) is 0 Å². The molecule has 2 aromatic heterocycles. The molecule has 146 valence electrons. The molecule has 0 radical (unpaired) electrons. The summed E-state index contributed by atoms with van der Waals surface area (Å²) in [6.07, 6.45) is 3.63. The van der Waals surface area contributed by atoms with Crippen LogP contribution in [-0.2, 0) is 0 Å². The Morgan fingerprint density at radius 1 is 1.29 bits per heavy atom. The number of carbonyl (C=O) groups excluding carboxylic acids is 1. The molecular formula is C19H21ClN6O2. The maximum Gasteiger partial charge on any atom is 0.280 e. The van der Waals surface area contributed by atoms with Gasteiger partial charge in [0.05, 0.1) is 12.2 Å². The number of halogens is 1. The van der Waals surface area contributed by atoms with Crippen molar-refractivity contribution in [2.24, 2.45) is 0 Å². The predicted molar refractivity (Wildman–Crippen MR) is 103 cm³/mol. The molecule has 0 saturated carbocycles. The van der Waals surface area contributed by atoms with Crippen LogP contribution in [0.2, 0.25) is 5.02 Å². The minimum absolute atomic E-state index is 0.000168. The van der Waals surface area contributed by atoms with Crippen molar-refractivity contribution in [2.75, 3.05) is 13.1 Å². The number of rotatable bonds is 4. The van der Waals surface area contributed by atoms with Gasteiger partial charge in [0.2, 0.25) is 0 Å². The quantitative estimate of drug-likeness (QED) is 0.664. The second-order valence-electron chi connectivity index (χ2n) is 7.25. The van der Waals surface area contributed by atoms with E-state index in [1.165, 1.54) is 0 Å². The molecule has 3 heterocycles. The van der Waals surface area contributed by atoms with Crippen LogP contribution in [0.25, 0.3) is 11.6 Å². The Kier molecular flexibility index (Phi) is 5.13. The molecule has 1 aliphatic rings. The molecule has 9 heteroatoms. The molecule has 1 atom stereocenters. The van der Waals surface area contributed by atoms with E-state index in [2.05, 4.69) is 20.5 Å². The molecule has 1 amide bonds. The van der Waals surface area contributed by atoms with E-state index in [0.29, 0.717) is 34.5 Å². The summed E-state index contributed by atoms with van der Waals surface area (Å²) in [7, 11) is 0. The van der Waals surface area contributed by atoms with Gasteiger partial charge in [-0.15, -0.1) is 5.10 Å². The van der Waals surface area contributed by atoms with Crippen LogP contribution in [-0.4, -0.2) is 49.0 Å². The molecule has 0 unspecified atom stereocenters. The van der Waals surface area contributed by atoms with Crippen molar-refractivity contribution in [1.29, 1.82) is 0 Å². The number of aromatic nitrogens is 5. The number of nitrogens with zero attached hydrogens (tertiary/aromatic N) is 6. The number of hydrogen-bond acceptors (Lipinski definition) is 6. The number of amides is 1. The van der Waals surface area contributed by atoms with Gasteiger partial charge < -0.3 is 9.42 Å². The standard InChI is InChI=1S/C19H21ClN6O2/c1-12(2)17-21-18(28-23-17)16-11-26(24-22-16)15-4-3-9-25(10-15)19(27)13-5-7-14(20)8-6-13/h5-8,11-12,15H,3-4,9-10H2,1-2H3/t15-/m0/s1. The van der Waals surface area contributed by atoms with Crippen LogP contribution in [0.3, 0.4) is 0 Å². The molecular weight excluding hydrogens is 380 g/mol.